The fourth-order valence-electron chi connectivity index (χ4n) is 3.36. The van der Waals surface area contributed by atoms with E-state index in [0.717, 1.165) is 32.1 Å². The highest BCUT2D eigenvalue weighted by Gasteiger charge is 2.33. The summed E-state index contributed by atoms with van der Waals surface area (Å²) in [6.45, 7) is 16.7. The van der Waals surface area contributed by atoms with Crippen LogP contribution in [0, 0.1) is 0 Å². The summed E-state index contributed by atoms with van der Waals surface area (Å²) in [7, 11) is 0. The molecule has 0 rings (SSSR count). The summed E-state index contributed by atoms with van der Waals surface area (Å²) < 4.78 is 17.7. The number of allylic oxidation sites excluding steroid dienone is 1. The highest BCUT2D eigenvalue weighted by atomic mass is 16.5. The van der Waals surface area contributed by atoms with E-state index in [0.29, 0.717) is 52.2 Å². The van der Waals surface area contributed by atoms with Gasteiger partial charge in [-0.3, -0.25) is 19.2 Å². The molecule has 0 spiro atoms. The standard InChI is InChI=1S/C29H47N3O7/c1-5-25(33)16-10-9-13-19-37-22-29(32-28(36)8-4,23-38-20-14-11-17-30-26(34)6-2)24-39-21-15-12-18-31-27(35)7-3/h5-8H,1-4,9-24H2,(H,30,34)(H,31,35)(H,32,36). The Morgan fingerprint density at radius 2 is 1.00 bits per heavy atom. The summed E-state index contributed by atoms with van der Waals surface area (Å²) in [6, 6.07) is 0. The highest BCUT2D eigenvalue weighted by Crippen LogP contribution is 2.12. The van der Waals surface area contributed by atoms with Gasteiger partial charge in [0.15, 0.2) is 5.78 Å². The van der Waals surface area contributed by atoms with Crippen molar-refractivity contribution in [2.75, 3.05) is 52.7 Å². The van der Waals surface area contributed by atoms with Crippen molar-refractivity contribution in [3.63, 3.8) is 0 Å². The van der Waals surface area contributed by atoms with E-state index in [1.54, 1.807) is 0 Å². The predicted molar refractivity (Wildman–Crippen MR) is 152 cm³/mol. The van der Waals surface area contributed by atoms with Gasteiger partial charge in [-0.2, -0.15) is 0 Å². The number of rotatable bonds is 27. The molecule has 10 heteroatoms. The lowest BCUT2D eigenvalue weighted by atomic mass is 10.0. The SMILES string of the molecule is C=CC(=O)CCCCCOCC(COCCCCNC(=O)C=C)(COCCCCNC(=O)C=C)NC(=O)C=C. The van der Waals surface area contributed by atoms with Crippen molar-refractivity contribution in [2.24, 2.45) is 0 Å². The van der Waals surface area contributed by atoms with Gasteiger partial charge in [0, 0.05) is 39.3 Å². The van der Waals surface area contributed by atoms with Crippen molar-refractivity contribution in [1.82, 2.24) is 16.0 Å². The third-order valence-electron chi connectivity index (χ3n) is 5.55. The molecule has 0 heterocycles. The van der Waals surface area contributed by atoms with Crippen LogP contribution in [0.2, 0.25) is 0 Å². The minimum Gasteiger partial charge on any atom is -0.379 e. The summed E-state index contributed by atoms with van der Waals surface area (Å²) in [4.78, 5) is 46.1. The molecule has 0 unspecified atom stereocenters. The summed E-state index contributed by atoms with van der Waals surface area (Å²) in [5, 5.41) is 8.37. The molecule has 0 atom stereocenters. The first-order chi connectivity index (χ1) is 18.8. The van der Waals surface area contributed by atoms with E-state index < -0.39 is 5.54 Å². The normalized spacial score (nSPS) is 10.8. The molecule has 0 aliphatic carbocycles. The van der Waals surface area contributed by atoms with Crippen molar-refractivity contribution in [3.8, 4) is 0 Å². The van der Waals surface area contributed by atoms with Crippen LogP contribution in [-0.2, 0) is 33.4 Å². The zero-order valence-electron chi connectivity index (χ0n) is 23.3. The van der Waals surface area contributed by atoms with E-state index in [9.17, 15) is 19.2 Å². The molecule has 0 radical (unpaired) electrons. The highest BCUT2D eigenvalue weighted by molar-refractivity contribution is 5.89. The maximum absolute atomic E-state index is 12.3. The number of hydrogen-bond acceptors (Lipinski definition) is 7. The van der Waals surface area contributed by atoms with Gasteiger partial charge in [-0.1, -0.05) is 32.7 Å². The number of ketones is 1. The molecule has 10 nitrogen and oxygen atoms in total. The number of nitrogens with one attached hydrogen (secondary N) is 3. The van der Waals surface area contributed by atoms with Crippen LogP contribution in [0.5, 0.6) is 0 Å². The van der Waals surface area contributed by atoms with Gasteiger partial charge in [0.2, 0.25) is 17.7 Å². The van der Waals surface area contributed by atoms with Crippen LogP contribution in [0.4, 0.5) is 0 Å². The summed E-state index contributed by atoms with van der Waals surface area (Å²) in [6.07, 6.45) is 10.7. The molecule has 3 amide bonds. The summed E-state index contributed by atoms with van der Waals surface area (Å²) >= 11 is 0. The quantitative estimate of drug-likeness (QED) is 0.106. The topological polar surface area (TPSA) is 132 Å². The van der Waals surface area contributed by atoms with E-state index in [1.165, 1.54) is 24.3 Å². The second-order valence-electron chi connectivity index (χ2n) is 9.02. The van der Waals surface area contributed by atoms with Gasteiger partial charge in [-0.15, -0.1) is 0 Å². The summed E-state index contributed by atoms with van der Waals surface area (Å²) in [5.41, 5.74) is -0.932. The van der Waals surface area contributed by atoms with Crippen LogP contribution in [0.15, 0.2) is 50.6 Å². The predicted octanol–water partition coefficient (Wildman–Crippen LogP) is 2.56. The van der Waals surface area contributed by atoms with Crippen LogP contribution in [0.3, 0.4) is 0 Å². The van der Waals surface area contributed by atoms with E-state index in [1.807, 2.05) is 0 Å². The fourth-order valence-corrected chi connectivity index (χ4v) is 3.36. The molecule has 0 fully saturated rings. The first kappa shape index (κ1) is 35.9. The number of amides is 3. The number of carbonyl (C=O) groups excluding carboxylic acids is 4. The van der Waals surface area contributed by atoms with E-state index >= 15 is 0 Å². The fraction of sp³-hybridized carbons (Fsp3) is 0.586. The van der Waals surface area contributed by atoms with Gasteiger partial charge in [0.05, 0.1) is 19.8 Å². The lowest BCUT2D eigenvalue weighted by Gasteiger charge is -2.34. The van der Waals surface area contributed by atoms with Crippen molar-refractivity contribution >= 4 is 23.5 Å². The first-order valence-electron chi connectivity index (χ1n) is 13.5. The van der Waals surface area contributed by atoms with E-state index in [-0.39, 0.29) is 43.3 Å². The Balaban J connectivity index is 4.86. The zero-order chi connectivity index (χ0) is 29.2. The minimum absolute atomic E-state index is 0.0301. The Labute approximate surface area is 233 Å². The number of carbonyl (C=O) groups is 4. The first-order valence-corrected chi connectivity index (χ1v) is 13.5. The molecule has 0 aliphatic rings. The molecule has 0 aromatic carbocycles. The van der Waals surface area contributed by atoms with Crippen LogP contribution < -0.4 is 16.0 Å². The van der Waals surface area contributed by atoms with Gasteiger partial charge < -0.3 is 30.2 Å². The van der Waals surface area contributed by atoms with E-state index in [2.05, 4.69) is 42.3 Å². The second kappa shape index (κ2) is 24.0. The Bertz CT molecular complexity index is 699. The molecule has 0 bridgehead atoms. The molecule has 0 aromatic heterocycles. The molecule has 0 saturated heterocycles. The molecule has 3 N–H and O–H groups in total. The van der Waals surface area contributed by atoms with Gasteiger partial charge in [0.1, 0.15) is 5.54 Å². The molecule has 39 heavy (non-hydrogen) atoms. The lowest BCUT2D eigenvalue weighted by Crippen LogP contribution is -2.58. The monoisotopic (exact) mass is 549 g/mol. The maximum atomic E-state index is 12.3. The van der Waals surface area contributed by atoms with Crippen LogP contribution in [0.25, 0.3) is 0 Å². The van der Waals surface area contributed by atoms with Crippen LogP contribution in [-0.4, -0.2) is 81.8 Å². The summed E-state index contributed by atoms with van der Waals surface area (Å²) in [5.74, 6) is -0.769. The number of unbranched alkanes of at least 4 members (excludes halogenated alkanes) is 4. The molecular formula is C29H47N3O7. The minimum atomic E-state index is -0.932. The van der Waals surface area contributed by atoms with Gasteiger partial charge in [0.25, 0.3) is 0 Å². The Morgan fingerprint density at radius 1 is 0.564 bits per heavy atom. The lowest BCUT2D eigenvalue weighted by molar-refractivity contribution is -0.123. The molecule has 0 saturated carbocycles. The molecule has 220 valence electrons. The average molecular weight is 550 g/mol. The zero-order valence-corrected chi connectivity index (χ0v) is 23.3. The van der Waals surface area contributed by atoms with E-state index in [4.69, 9.17) is 14.2 Å². The van der Waals surface area contributed by atoms with Gasteiger partial charge in [-0.25, -0.2) is 0 Å². The maximum Gasteiger partial charge on any atom is 0.244 e. The number of ether oxygens (including phenoxy) is 3. The van der Waals surface area contributed by atoms with Gasteiger partial charge >= 0.3 is 0 Å². The number of hydrogen-bond donors (Lipinski definition) is 3. The van der Waals surface area contributed by atoms with Gasteiger partial charge in [-0.05, 0) is 62.8 Å². The smallest absolute Gasteiger partial charge is 0.244 e. The Hall–Kier alpha value is -3.08. The third kappa shape index (κ3) is 20.5. The van der Waals surface area contributed by atoms with Crippen molar-refractivity contribution in [3.05, 3.63) is 50.6 Å². The van der Waals surface area contributed by atoms with Crippen LogP contribution in [0.1, 0.15) is 51.4 Å². The van der Waals surface area contributed by atoms with Crippen molar-refractivity contribution < 1.29 is 33.4 Å². The third-order valence-corrected chi connectivity index (χ3v) is 5.55. The molecule has 0 aromatic rings. The van der Waals surface area contributed by atoms with Crippen LogP contribution >= 0.6 is 0 Å². The van der Waals surface area contributed by atoms with Crippen molar-refractivity contribution in [2.45, 2.75) is 56.9 Å². The molecule has 0 aliphatic heterocycles. The molecular weight excluding hydrogens is 502 g/mol. The Morgan fingerprint density at radius 3 is 1.41 bits per heavy atom. The van der Waals surface area contributed by atoms with Crippen molar-refractivity contribution in [1.29, 1.82) is 0 Å². The largest absolute Gasteiger partial charge is 0.379 e. The average Bonchev–Trinajstić information content (AvgIpc) is 2.94. The second-order valence-corrected chi connectivity index (χ2v) is 9.02. The Kier molecular flexibility index (Phi) is 22.1.